The topological polar surface area (TPSA) is 21.3 Å². The smallest absolute Gasteiger partial charge is 0.0983 e. The highest BCUT2D eigenvalue weighted by Gasteiger charge is 2.35. The van der Waals surface area contributed by atoms with Crippen molar-refractivity contribution in [1.29, 1.82) is 0 Å². The summed E-state index contributed by atoms with van der Waals surface area (Å²) in [7, 11) is 0. The molecule has 0 aliphatic carbocycles. The van der Waals surface area contributed by atoms with Crippen LogP contribution < -0.4 is 5.32 Å². The Balaban J connectivity index is 2.24. The van der Waals surface area contributed by atoms with Crippen LogP contribution in [0.4, 0.5) is 0 Å². The molecule has 0 spiro atoms. The van der Waals surface area contributed by atoms with E-state index >= 15 is 0 Å². The van der Waals surface area contributed by atoms with Crippen molar-refractivity contribution in [3.63, 3.8) is 0 Å². The summed E-state index contributed by atoms with van der Waals surface area (Å²) in [6, 6.07) is 8.26. The lowest BCUT2D eigenvalue weighted by atomic mass is 9.94. The fourth-order valence-corrected chi connectivity index (χ4v) is 2.38. The van der Waals surface area contributed by atoms with Gasteiger partial charge in [0.2, 0.25) is 0 Å². The number of hydrogen-bond acceptors (Lipinski definition) is 2. The minimum Gasteiger partial charge on any atom is -0.364 e. The molecule has 0 amide bonds. The second-order valence-electron chi connectivity index (χ2n) is 5.07. The molecule has 1 saturated heterocycles. The first-order valence-electron chi connectivity index (χ1n) is 6.21. The summed E-state index contributed by atoms with van der Waals surface area (Å²) in [6.45, 7) is 7.37. The SMILES string of the molecule is CCC1(C)CNC(C)C(c2cccc(Cl)c2)O1. The number of morpholine rings is 1. The molecule has 3 heteroatoms. The monoisotopic (exact) mass is 253 g/mol. The molecule has 1 fully saturated rings. The highest BCUT2D eigenvalue weighted by molar-refractivity contribution is 6.30. The maximum Gasteiger partial charge on any atom is 0.0983 e. The molecule has 1 aliphatic rings. The highest BCUT2D eigenvalue weighted by atomic mass is 35.5. The summed E-state index contributed by atoms with van der Waals surface area (Å²) >= 11 is 6.04. The van der Waals surface area contributed by atoms with Gasteiger partial charge in [0.25, 0.3) is 0 Å². The van der Waals surface area contributed by atoms with Crippen LogP contribution in [0.1, 0.15) is 38.9 Å². The molecule has 0 saturated carbocycles. The Labute approximate surface area is 108 Å². The maximum atomic E-state index is 6.26. The molecule has 1 aromatic rings. The van der Waals surface area contributed by atoms with Crippen molar-refractivity contribution in [3.05, 3.63) is 34.9 Å². The molecule has 2 rings (SSSR count). The van der Waals surface area contributed by atoms with E-state index in [1.54, 1.807) is 0 Å². The molecule has 2 nitrogen and oxygen atoms in total. The third-order valence-electron chi connectivity index (χ3n) is 3.59. The van der Waals surface area contributed by atoms with E-state index in [0.717, 1.165) is 23.6 Å². The fourth-order valence-electron chi connectivity index (χ4n) is 2.18. The first kappa shape index (κ1) is 12.9. The molecule has 0 bridgehead atoms. The van der Waals surface area contributed by atoms with Gasteiger partial charge in [-0.3, -0.25) is 0 Å². The van der Waals surface area contributed by atoms with Crippen LogP contribution in [0.2, 0.25) is 5.02 Å². The van der Waals surface area contributed by atoms with E-state index in [-0.39, 0.29) is 11.7 Å². The highest BCUT2D eigenvalue weighted by Crippen LogP contribution is 2.33. The van der Waals surface area contributed by atoms with Gasteiger partial charge < -0.3 is 10.1 Å². The molecule has 0 aromatic heterocycles. The van der Waals surface area contributed by atoms with Crippen molar-refractivity contribution in [3.8, 4) is 0 Å². The predicted molar refractivity (Wildman–Crippen MR) is 71.4 cm³/mol. The van der Waals surface area contributed by atoms with E-state index in [9.17, 15) is 0 Å². The third kappa shape index (κ3) is 2.82. The zero-order valence-corrected chi connectivity index (χ0v) is 11.4. The largest absolute Gasteiger partial charge is 0.364 e. The van der Waals surface area contributed by atoms with Crippen LogP contribution >= 0.6 is 11.6 Å². The first-order chi connectivity index (χ1) is 8.04. The second-order valence-corrected chi connectivity index (χ2v) is 5.50. The van der Waals surface area contributed by atoms with Gasteiger partial charge in [-0.2, -0.15) is 0 Å². The Morgan fingerprint density at radius 2 is 2.29 bits per heavy atom. The Hall–Kier alpha value is -0.570. The number of halogens is 1. The van der Waals surface area contributed by atoms with Gasteiger partial charge in [0.1, 0.15) is 0 Å². The van der Waals surface area contributed by atoms with Crippen LogP contribution in [0.15, 0.2) is 24.3 Å². The maximum absolute atomic E-state index is 6.26. The Morgan fingerprint density at radius 3 is 2.94 bits per heavy atom. The third-order valence-corrected chi connectivity index (χ3v) is 3.82. The van der Waals surface area contributed by atoms with Crippen LogP contribution in [-0.2, 0) is 4.74 Å². The summed E-state index contributed by atoms with van der Waals surface area (Å²) in [6.07, 6.45) is 1.08. The van der Waals surface area contributed by atoms with Gasteiger partial charge in [-0.15, -0.1) is 0 Å². The number of rotatable bonds is 2. The minimum atomic E-state index is -0.0838. The van der Waals surface area contributed by atoms with Crippen molar-refractivity contribution < 1.29 is 4.74 Å². The Morgan fingerprint density at radius 1 is 1.53 bits per heavy atom. The molecule has 94 valence electrons. The van der Waals surface area contributed by atoms with Crippen LogP contribution in [0.3, 0.4) is 0 Å². The van der Waals surface area contributed by atoms with E-state index in [4.69, 9.17) is 16.3 Å². The summed E-state index contributed by atoms with van der Waals surface area (Å²) in [4.78, 5) is 0. The lowest BCUT2D eigenvalue weighted by Gasteiger charge is -2.42. The second kappa shape index (κ2) is 4.97. The lowest BCUT2D eigenvalue weighted by Crippen LogP contribution is -2.52. The van der Waals surface area contributed by atoms with Gasteiger partial charge in [0.05, 0.1) is 11.7 Å². The molecule has 1 aromatic carbocycles. The average molecular weight is 254 g/mol. The fraction of sp³-hybridized carbons (Fsp3) is 0.571. The van der Waals surface area contributed by atoms with Gasteiger partial charge in [-0.05, 0) is 38.0 Å². The molecule has 1 N–H and O–H groups in total. The van der Waals surface area contributed by atoms with Crippen molar-refractivity contribution in [1.82, 2.24) is 5.32 Å². The molecule has 1 heterocycles. The summed E-state index contributed by atoms with van der Waals surface area (Å²) < 4.78 is 6.26. The number of hydrogen-bond donors (Lipinski definition) is 1. The summed E-state index contributed by atoms with van der Waals surface area (Å²) in [5.74, 6) is 0. The molecule has 1 aliphatic heterocycles. The zero-order chi connectivity index (χ0) is 12.5. The first-order valence-corrected chi connectivity index (χ1v) is 6.58. The van der Waals surface area contributed by atoms with Crippen molar-refractivity contribution in [2.75, 3.05) is 6.54 Å². The van der Waals surface area contributed by atoms with Gasteiger partial charge in [-0.1, -0.05) is 30.7 Å². The molecule has 17 heavy (non-hydrogen) atoms. The van der Waals surface area contributed by atoms with E-state index in [1.165, 1.54) is 0 Å². The Kier molecular flexibility index (Phi) is 3.76. The molecular formula is C14H20ClNO. The van der Waals surface area contributed by atoms with Crippen molar-refractivity contribution in [2.24, 2.45) is 0 Å². The normalized spacial score (nSPS) is 33.6. The molecule has 3 atom stereocenters. The van der Waals surface area contributed by atoms with Crippen LogP contribution in [0.5, 0.6) is 0 Å². The van der Waals surface area contributed by atoms with E-state index in [2.05, 4.69) is 32.2 Å². The minimum absolute atomic E-state index is 0.0763. The van der Waals surface area contributed by atoms with Gasteiger partial charge in [0.15, 0.2) is 0 Å². The van der Waals surface area contributed by atoms with Gasteiger partial charge in [0, 0.05) is 17.6 Å². The van der Waals surface area contributed by atoms with E-state index in [0.29, 0.717) is 6.04 Å². The van der Waals surface area contributed by atoms with Crippen LogP contribution in [0, 0.1) is 0 Å². The number of ether oxygens (including phenoxy) is 1. The molecule has 0 radical (unpaired) electrons. The van der Waals surface area contributed by atoms with Crippen molar-refractivity contribution >= 4 is 11.6 Å². The lowest BCUT2D eigenvalue weighted by molar-refractivity contribution is -0.126. The van der Waals surface area contributed by atoms with Crippen molar-refractivity contribution in [2.45, 2.75) is 44.9 Å². The number of nitrogens with one attached hydrogen (secondary N) is 1. The summed E-state index contributed by atoms with van der Waals surface area (Å²) in [5.41, 5.74) is 1.07. The van der Waals surface area contributed by atoms with Crippen LogP contribution in [0.25, 0.3) is 0 Å². The van der Waals surface area contributed by atoms with Gasteiger partial charge >= 0.3 is 0 Å². The van der Waals surface area contributed by atoms with Gasteiger partial charge in [-0.25, -0.2) is 0 Å². The summed E-state index contributed by atoms with van der Waals surface area (Å²) in [5, 5.41) is 4.29. The predicted octanol–water partition coefficient (Wildman–Crippen LogP) is 3.56. The quantitative estimate of drug-likeness (QED) is 0.870. The zero-order valence-electron chi connectivity index (χ0n) is 10.7. The standard InChI is InChI=1S/C14H20ClNO/c1-4-14(3)9-16-10(2)13(17-14)11-6-5-7-12(15)8-11/h5-8,10,13,16H,4,9H2,1-3H3. The molecule has 3 unspecified atom stereocenters. The van der Waals surface area contributed by atoms with E-state index in [1.807, 2.05) is 18.2 Å². The number of benzene rings is 1. The Bertz CT molecular complexity index is 396. The van der Waals surface area contributed by atoms with Crippen LogP contribution in [-0.4, -0.2) is 18.2 Å². The molecular weight excluding hydrogens is 234 g/mol. The average Bonchev–Trinajstić information content (AvgIpc) is 2.33. The van der Waals surface area contributed by atoms with E-state index < -0.39 is 0 Å².